The average molecular weight is 212 g/mol. The molecule has 0 N–H and O–H groups in total. The highest BCUT2D eigenvalue weighted by Gasteiger charge is 2.39. The summed E-state index contributed by atoms with van der Waals surface area (Å²) in [6.45, 7) is 4.74. The molecule has 0 aromatic heterocycles. The molecule has 1 rings (SSSR count). The monoisotopic (exact) mass is 212 g/mol. The summed E-state index contributed by atoms with van der Waals surface area (Å²) in [7, 11) is 1.62. The SMILES string of the molecule is CCOC(=O)C1(COC)C=C(C)CCC1. The van der Waals surface area contributed by atoms with Gasteiger partial charge in [-0.3, -0.25) is 4.79 Å². The summed E-state index contributed by atoms with van der Waals surface area (Å²) in [5.74, 6) is -0.147. The number of esters is 1. The Hall–Kier alpha value is -0.830. The number of allylic oxidation sites excluding steroid dienone is 1. The van der Waals surface area contributed by atoms with Crippen LogP contribution in [0.5, 0.6) is 0 Å². The van der Waals surface area contributed by atoms with Gasteiger partial charge < -0.3 is 9.47 Å². The number of hydrogen-bond donors (Lipinski definition) is 0. The van der Waals surface area contributed by atoms with Gasteiger partial charge in [-0.1, -0.05) is 11.6 Å². The zero-order chi connectivity index (χ0) is 11.3. The Bertz CT molecular complexity index is 258. The van der Waals surface area contributed by atoms with Gasteiger partial charge in [0.05, 0.1) is 13.2 Å². The number of ether oxygens (including phenoxy) is 2. The van der Waals surface area contributed by atoms with Gasteiger partial charge in [0.2, 0.25) is 0 Å². The van der Waals surface area contributed by atoms with Crippen LogP contribution in [-0.2, 0) is 14.3 Å². The fourth-order valence-electron chi connectivity index (χ4n) is 2.16. The van der Waals surface area contributed by atoms with Crippen molar-refractivity contribution in [1.82, 2.24) is 0 Å². The van der Waals surface area contributed by atoms with E-state index in [2.05, 4.69) is 6.92 Å². The molecule has 0 saturated heterocycles. The summed E-state index contributed by atoms with van der Waals surface area (Å²) in [4.78, 5) is 11.9. The van der Waals surface area contributed by atoms with Crippen LogP contribution < -0.4 is 0 Å². The highest BCUT2D eigenvalue weighted by atomic mass is 16.5. The van der Waals surface area contributed by atoms with Gasteiger partial charge in [0, 0.05) is 7.11 Å². The number of carbonyl (C=O) groups is 1. The van der Waals surface area contributed by atoms with Crippen molar-refractivity contribution in [2.45, 2.75) is 33.1 Å². The van der Waals surface area contributed by atoms with Crippen LogP contribution in [0.3, 0.4) is 0 Å². The van der Waals surface area contributed by atoms with Crippen molar-refractivity contribution in [3.05, 3.63) is 11.6 Å². The Balaban J connectivity index is 2.86. The van der Waals surface area contributed by atoms with Gasteiger partial charge in [-0.05, 0) is 33.1 Å². The molecule has 0 aromatic rings. The van der Waals surface area contributed by atoms with E-state index in [0.717, 1.165) is 19.3 Å². The van der Waals surface area contributed by atoms with E-state index >= 15 is 0 Å². The molecule has 0 aromatic carbocycles. The standard InChI is InChI=1S/C12H20O3/c1-4-15-11(13)12(9-14-3)7-5-6-10(2)8-12/h8H,4-7,9H2,1-3H3. The van der Waals surface area contributed by atoms with Gasteiger partial charge in [-0.25, -0.2) is 0 Å². The van der Waals surface area contributed by atoms with E-state index in [1.165, 1.54) is 5.57 Å². The molecule has 3 heteroatoms. The van der Waals surface area contributed by atoms with Gasteiger partial charge in [-0.2, -0.15) is 0 Å². The first-order valence-electron chi connectivity index (χ1n) is 5.49. The maximum Gasteiger partial charge on any atom is 0.318 e. The van der Waals surface area contributed by atoms with Crippen LogP contribution in [-0.4, -0.2) is 26.3 Å². The van der Waals surface area contributed by atoms with Crippen LogP contribution in [0.25, 0.3) is 0 Å². The zero-order valence-electron chi connectivity index (χ0n) is 9.84. The molecule has 1 atom stereocenters. The molecule has 0 spiro atoms. The number of methoxy groups -OCH3 is 1. The summed E-state index contributed by atoms with van der Waals surface area (Å²) < 4.78 is 10.3. The minimum atomic E-state index is -0.535. The number of hydrogen-bond acceptors (Lipinski definition) is 3. The minimum Gasteiger partial charge on any atom is -0.465 e. The van der Waals surface area contributed by atoms with Crippen LogP contribution in [0, 0.1) is 5.41 Å². The van der Waals surface area contributed by atoms with Crippen LogP contribution in [0.4, 0.5) is 0 Å². The molecule has 0 fully saturated rings. The molecule has 0 aliphatic heterocycles. The largest absolute Gasteiger partial charge is 0.465 e. The fraction of sp³-hybridized carbons (Fsp3) is 0.750. The summed E-state index contributed by atoms with van der Waals surface area (Å²) in [5, 5.41) is 0. The first-order valence-corrected chi connectivity index (χ1v) is 5.49. The molecular formula is C12H20O3. The van der Waals surface area contributed by atoms with E-state index in [9.17, 15) is 4.79 Å². The predicted molar refractivity (Wildman–Crippen MR) is 58.6 cm³/mol. The van der Waals surface area contributed by atoms with Crippen molar-refractivity contribution < 1.29 is 14.3 Å². The molecule has 86 valence electrons. The van der Waals surface area contributed by atoms with Gasteiger partial charge in [0.15, 0.2) is 0 Å². The normalized spacial score (nSPS) is 25.9. The van der Waals surface area contributed by atoms with Gasteiger partial charge in [0.1, 0.15) is 5.41 Å². The van der Waals surface area contributed by atoms with Crippen molar-refractivity contribution >= 4 is 5.97 Å². The Morgan fingerprint density at radius 2 is 2.33 bits per heavy atom. The smallest absolute Gasteiger partial charge is 0.318 e. The van der Waals surface area contributed by atoms with E-state index in [0.29, 0.717) is 13.2 Å². The molecule has 1 aliphatic rings. The first-order chi connectivity index (χ1) is 7.14. The van der Waals surface area contributed by atoms with Gasteiger partial charge >= 0.3 is 5.97 Å². The Morgan fingerprint density at radius 1 is 1.60 bits per heavy atom. The average Bonchev–Trinajstić information content (AvgIpc) is 2.18. The Kier molecular flexibility index (Phi) is 4.33. The third kappa shape index (κ3) is 2.81. The van der Waals surface area contributed by atoms with E-state index in [-0.39, 0.29) is 5.97 Å². The summed E-state index contributed by atoms with van der Waals surface area (Å²) in [5.41, 5.74) is 0.721. The molecule has 0 heterocycles. The molecular weight excluding hydrogens is 192 g/mol. The molecule has 0 saturated carbocycles. The van der Waals surface area contributed by atoms with Crippen molar-refractivity contribution in [2.24, 2.45) is 5.41 Å². The molecule has 0 bridgehead atoms. The lowest BCUT2D eigenvalue weighted by molar-refractivity contribution is -0.156. The van der Waals surface area contributed by atoms with E-state index in [4.69, 9.17) is 9.47 Å². The highest BCUT2D eigenvalue weighted by Crippen LogP contribution is 2.35. The lowest BCUT2D eigenvalue weighted by Crippen LogP contribution is -2.37. The Labute approximate surface area is 91.4 Å². The molecule has 0 amide bonds. The van der Waals surface area contributed by atoms with Gasteiger partial charge in [-0.15, -0.1) is 0 Å². The number of carbonyl (C=O) groups excluding carboxylic acids is 1. The quantitative estimate of drug-likeness (QED) is 0.530. The van der Waals surface area contributed by atoms with Gasteiger partial charge in [0.25, 0.3) is 0 Å². The van der Waals surface area contributed by atoms with Crippen LogP contribution >= 0.6 is 0 Å². The molecule has 1 aliphatic carbocycles. The summed E-state index contributed by atoms with van der Waals surface area (Å²) in [6.07, 6.45) is 4.96. The maximum absolute atomic E-state index is 11.9. The summed E-state index contributed by atoms with van der Waals surface area (Å²) >= 11 is 0. The number of rotatable bonds is 4. The zero-order valence-corrected chi connectivity index (χ0v) is 9.84. The van der Waals surface area contributed by atoms with E-state index < -0.39 is 5.41 Å². The topological polar surface area (TPSA) is 35.5 Å². The summed E-state index contributed by atoms with van der Waals surface area (Å²) in [6, 6.07) is 0. The van der Waals surface area contributed by atoms with Crippen LogP contribution in [0.15, 0.2) is 11.6 Å². The molecule has 15 heavy (non-hydrogen) atoms. The second kappa shape index (κ2) is 5.31. The second-order valence-electron chi connectivity index (χ2n) is 4.15. The maximum atomic E-state index is 11.9. The highest BCUT2D eigenvalue weighted by molar-refractivity contribution is 5.79. The molecule has 0 radical (unpaired) electrons. The second-order valence-corrected chi connectivity index (χ2v) is 4.15. The van der Waals surface area contributed by atoms with Crippen LogP contribution in [0.1, 0.15) is 33.1 Å². The lowest BCUT2D eigenvalue weighted by atomic mass is 9.77. The predicted octanol–water partition coefficient (Wildman–Crippen LogP) is 2.31. The van der Waals surface area contributed by atoms with Crippen molar-refractivity contribution in [1.29, 1.82) is 0 Å². The van der Waals surface area contributed by atoms with Crippen LogP contribution in [0.2, 0.25) is 0 Å². The molecule has 3 nitrogen and oxygen atoms in total. The minimum absolute atomic E-state index is 0.147. The lowest BCUT2D eigenvalue weighted by Gasteiger charge is -2.31. The third-order valence-corrected chi connectivity index (χ3v) is 2.80. The van der Waals surface area contributed by atoms with Crippen molar-refractivity contribution in [3.63, 3.8) is 0 Å². The van der Waals surface area contributed by atoms with Crippen molar-refractivity contribution in [2.75, 3.05) is 20.3 Å². The fourth-order valence-corrected chi connectivity index (χ4v) is 2.16. The van der Waals surface area contributed by atoms with E-state index in [1.54, 1.807) is 7.11 Å². The third-order valence-electron chi connectivity index (χ3n) is 2.80. The Morgan fingerprint density at radius 3 is 2.87 bits per heavy atom. The van der Waals surface area contributed by atoms with Crippen molar-refractivity contribution in [3.8, 4) is 0 Å². The molecule has 1 unspecified atom stereocenters. The first kappa shape index (κ1) is 12.2. The van der Waals surface area contributed by atoms with E-state index in [1.807, 2.05) is 13.0 Å².